The molecule has 2 N–H and O–H groups in total. The third-order valence-corrected chi connectivity index (χ3v) is 3.33. The highest BCUT2D eigenvalue weighted by atomic mass is 127. The van der Waals surface area contributed by atoms with Crippen molar-refractivity contribution in [3.63, 3.8) is 0 Å². The number of piperidine rings is 1. The lowest BCUT2D eigenvalue weighted by Gasteiger charge is -2.30. The van der Waals surface area contributed by atoms with Gasteiger partial charge in [-0.2, -0.15) is 0 Å². The average molecular weight is 378 g/mol. The summed E-state index contributed by atoms with van der Waals surface area (Å²) in [6, 6.07) is 2.95. The van der Waals surface area contributed by atoms with Crippen LogP contribution in [0.5, 0.6) is 0 Å². The van der Waals surface area contributed by atoms with Gasteiger partial charge in [0.15, 0.2) is 5.96 Å². The summed E-state index contributed by atoms with van der Waals surface area (Å²) >= 11 is 0. The minimum atomic E-state index is -0.332. The van der Waals surface area contributed by atoms with Crippen molar-refractivity contribution >= 4 is 29.9 Å². The first-order valence-corrected chi connectivity index (χ1v) is 6.31. The van der Waals surface area contributed by atoms with Gasteiger partial charge in [0, 0.05) is 19.3 Å². The molecule has 1 saturated heterocycles. The Kier molecular flexibility index (Phi) is 6.47. The van der Waals surface area contributed by atoms with Crippen molar-refractivity contribution < 1.29 is 4.39 Å². The van der Waals surface area contributed by atoms with E-state index in [1.54, 1.807) is 12.3 Å². The Morgan fingerprint density at radius 1 is 1.53 bits per heavy atom. The molecule has 1 aliphatic heterocycles. The maximum Gasteiger partial charge on any atom is 0.191 e. The van der Waals surface area contributed by atoms with Gasteiger partial charge in [-0.1, -0.05) is 6.92 Å². The second kappa shape index (κ2) is 7.62. The smallest absolute Gasteiger partial charge is 0.191 e. The van der Waals surface area contributed by atoms with Crippen LogP contribution in [0, 0.1) is 11.7 Å². The molecule has 19 heavy (non-hydrogen) atoms. The van der Waals surface area contributed by atoms with E-state index in [9.17, 15) is 4.39 Å². The molecule has 4 nitrogen and oxygen atoms in total. The van der Waals surface area contributed by atoms with E-state index in [0.717, 1.165) is 31.8 Å². The largest absolute Gasteiger partial charge is 0.370 e. The predicted molar refractivity (Wildman–Crippen MR) is 84.9 cm³/mol. The summed E-state index contributed by atoms with van der Waals surface area (Å²) in [7, 11) is 0. The van der Waals surface area contributed by atoms with E-state index in [1.165, 1.54) is 6.07 Å². The third kappa shape index (κ3) is 4.59. The molecule has 1 aromatic heterocycles. The number of nitrogens with two attached hydrogens (primary N) is 1. The van der Waals surface area contributed by atoms with Crippen molar-refractivity contribution in [1.82, 2.24) is 9.88 Å². The van der Waals surface area contributed by atoms with Crippen molar-refractivity contribution in [1.29, 1.82) is 0 Å². The van der Waals surface area contributed by atoms with Crippen LogP contribution < -0.4 is 5.73 Å². The number of guanidine groups is 1. The number of aliphatic imine (C=N–C) groups is 1. The topological polar surface area (TPSA) is 54.5 Å². The average Bonchev–Trinajstić information content (AvgIpc) is 2.38. The molecule has 0 aromatic carbocycles. The number of aromatic nitrogens is 1. The van der Waals surface area contributed by atoms with Crippen molar-refractivity contribution in [3.05, 3.63) is 29.8 Å². The molecule has 0 radical (unpaired) electrons. The zero-order valence-electron chi connectivity index (χ0n) is 11.1. The Labute approximate surface area is 130 Å². The molecular formula is C13H20FIN4. The monoisotopic (exact) mass is 378 g/mol. The van der Waals surface area contributed by atoms with E-state index in [1.807, 2.05) is 0 Å². The van der Waals surface area contributed by atoms with Gasteiger partial charge in [0.25, 0.3) is 0 Å². The third-order valence-electron chi connectivity index (χ3n) is 3.33. The van der Waals surface area contributed by atoms with Gasteiger partial charge in [-0.3, -0.25) is 4.98 Å². The van der Waals surface area contributed by atoms with Crippen LogP contribution in [0.3, 0.4) is 0 Å². The van der Waals surface area contributed by atoms with Crippen molar-refractivity contribution in [2.75, 3.05) is 13.1 Å². The van der Waals surface area contributed by atoms with Gasteiger partial charge < -0.3 is 10.6 Å². The number of rotatable bonds is 2. The maximum atomic E-state index is 13.3. The molecule has 1 aromatic rings. The standard InChI is InChI=1S/C13H19FN4.HI/c1-10-4-7-18(8-5-10)13(15)17-9-12-11(14)3-2-6-16-12;/h2-3,6,10H,4-5,7-9H2,1H3,(H2,15,17);1H. The molecule has 0 spiro atoms. The fourth-order valence-electron chi connectivity index (χ4n) is 2.03. The lowest BCUT2D eigenvalue weighted by Crippen LogP contribution is -2.42. The minimum absolute atomic E-state index is 0. The molecule has 1 fully saturated rings. The van der Waals surface area contributed by atoms with E-state index in [-0.39, 0.29) is 36.3 Å². The molecule has 0 saturated carbocycles. The second-order valence-electron chi connectivity index (χ2n) is 4.78. The van der Waals surface area contributed by atoms with E-state index in [2.05, 4.69) is 21.8 Å². The van der Waals surface area contributed by atoms with E-state index in [0.29, 0.717) is 11.7 Å². The zero-order valence-corrected chi connectivity index (χ0v) is 13.4. The van der Waals surface area contributed by atoms with E-state index >= 15 is 0 Å². The lowest BCUT2D eigenvalue weighted by atomic mass is 10.00. The van der Waals surface area contributed by atoms with Gasteiger partial charge in [0.2, 0.25) is 0 Å². The molecule has 1 aliphatic rings. The SMILES string of the molecule is CC1CCN(C(N)=NCc2ncccc2F)CC1.I. The first-order valence-electron chi connectivity index (χ1n) is 6.31. The number of pyridine rings is 1. The molecule has 2 heterocycles. The molecule has 106 valence electrons. The molecule has 0 aliphatic carbocycles. The molecule has 6 heteroatoms. The van der Waals surface area contributed by atoms with Gasteiger partial charge in [-0.25, -0.2) is 9.38 Å². The Bertz CT molecular complexity index is 430. The van der Waals surface area contributed by atoms with Crippen LogP contribution in [-0.4, -0.2) is 28.9 Å². The Balaban J connectivity index is 0.00000180. The Morgan fingerprint density at radius 3 is 2.84 bits per heavy atom. The second-order valence-corrected chi connectivity index (χ2v) is 4.78. The molecule has 0 unspecified atom stereocenters. The Morgan fingerprint density at radius 2 is 2.21 bits per heavy atom. The molecule has 0 amide bonds. The van der Waals surface area contributed by atoms with Crippen LogP contribution >= 0.6 is 24.0 Å². The molecule has 0 bridgehead atoms. The molecular weight excluding hydrogens is 358 g/mol. The highest BCUT2D eigenvalue weighted by molar-refractivity contribution is 14.0. The Hall–Kier alpha value is -0.920. The molecule has 2 rings (SSSR count). The summed E-state index contributed by atoms with van der Waals surface area (Å²) in [5.41, 5.74) is 6.26. The fraction of sp³-hybridized carbons (Fsp3) is 0.538. The number of hydrogen-bond acceptors (Lipinski definition) is 2. The summed E-state index contributed by atoms with van der Waals surface area (Å²) in [5.74, 6) is 0.913. The van der Waals surface area contributed by atoms with E-state index in [4.69, 9.17) is 5.73 Å². The predicted octanol–water partition coefficient (Wildman–Crippen LogP) is 2.39. The molecule has 0 atom stereocenters. The minimum Gasteiger partial charge on any atom is -0.370 e. The van der Waals surface area contributed by atoms with E-state index < -0.39 is 0 Å². The maximum absolute atomic E-state index is 13.3. The van der Waals surface area contributed by atoms with Gasteiger partial charge in [0.1, 0.15) is 5.82 Å². The summed E-state index contributed by atoms with van der Waals surface area (Å²) in [6.45, 7) is 4.31. The highest BCUT2D eigenvalue weighted by Crippen LogP contribution is 2.15. The van der Waals surface area contributed by atoms with Crippen LogP contribution in [0.4, 0.5) is 4.39 Å². The van der Waals surface area contributed by atoms with Crippen LogP contribution in [0.2, 0.25) is 0 Å². The van der Waals surface area contributed by atoms with Crippen molar-refractivity contribution in [2.45, 2.75) is 26.3 Å². The zero-order chi connectivity index (χ0) is 13.0. The highest BCUT2D eigenvalue weighted by Gasteiger charge is 2.16. The number of hydrogen-bond donors (Lipinski definition) is 1. The van der Waals surface area contributed by atoms with Crippen LogP contribution in [0.25, 0.3) is 0 Å². The quantitative estimate of drug-likeness (QED) is 0.489. The summed E-state index contributed by atoms with van der Waals surface area (Å²) in [6.07, 6.45) is 3.83. The summed E-state index contributed by atoms with van der Waals surface area (Å²) in [5, 5.41) is 0. The van der Waals surface area contributed by atoms with Crippen molar-refractivity contribution in [2.24, 2.45) is 16.6 Å². The number of likely N-dealkylation sites (tertiary alicyclic amines) is 1. The van der Waals surface area contributed by atoms with Crippen LogP contribution in [-0.2, 0) is 6.54 Å². The fourth-order valence-corrected chi connectivity index (χ4v) is 2.03. The first-order chi connectivity index (χ1) is 8.66. The summed E-state index contributed by atoms with van der Waals surface area (Å²) < 4.78 is 13.3. The number of halogens is 2. The van der Waals surface area contributed by atoms with Gasteiger partial charge in [0.05, 0.1) is 12.2 Å². The van der Waals surface area contributed by atoms with Crippen LogP contribution in [0.15, 0.2) is 23.3 Å². The summed E-state index contributed by atoms with van der Waals surface area (Å²) in [4.78, 5) is 10.2. The van der Waals surface area contributed by atoms with Crippen molar-refractivity contribution in [3.8, 4) is 0 Å². The first kappa shape index (κ1) is 16.1. The van der Waals surface area contributed by atoms with Gasteiger partial charge >= 0.3 is 0 Å². The number of nitrogens with zero attached hydrogens (tertiary/aromatic N) is 3. The lowest BCUT2D eigenvalue weighted by molar-refractivity contribution is 0.277. The van der Waals surface area contributed by atoms with Crippen LogP contribution in [0.1, 0.15) is 25.5 Å². The van der Waals surface area contributed by atoms with Gasteiger partial charge in [-0.15, -0.1) is 24.0 Å². The van der Waals surface area contributed by atoms with Gasteiger partial charge in [-0.05, 0) is 30.9 Å². The normalized spacial score (nSPS) is 17.2.